The molecule has 3 amide bonds. The highest BCUT2D eigenvalue weighted by Gasteiger charge is 2.47. The highest BCUT2D eigenvalue weighted by molar-refractivity contribution is 5.95. The molecule has 0 saturated carbocycles. The standard InChI is InChI=1S/C23H32N2O7/c1-14(20(27)25-18(13-31-22(25)29)15-9-7-6-8-10-15)19(26)17-11-16(30-5)12-24(17)21(28)32-23(2,3)4/h6-10,14,16-19,26H,11-13H2,1-5H3/t14-,16-,17+,18?,19-/m1/s1. The molecule has 3 rings (SSSR count). The number of nitrogens with zero attached hydrogens (tertiary/aromatic N) is 2. The van der Waals surface area contributed by atoms with Crippen LogP contribution in [0, 0.1) is 5.92 Å². The molecule has 0 aliphatic carbocycles. The van der Waals surface area contributed by atoms with Gasteiger partial charge < -0.3 is 19.3 Å². The maximum absolute atomic E-state index is 13.3. The van der Waals surface area contributed by atoms with Crippen LogP contribution in [0.3, 0.4) is 0 Å². The Morgan fingerprint density at radius 3 is 2.47 bits per heavy atom. The van der Waals surface area contributed by atoms with Crippen molar-refractivity contribution >= 4 is 18.1 Å². The first-order valence-corrected chi connectivity index (χ1v) is 10.8. The maximum atomic E-state index is 13.3. The first-order chi connectivity index (χ1) is 15.0. The van der Waals surface area contributed by atoms with E-state index < -0.39 is 47.8 Å². The van der Waals surface area contributed by atoms with Gasteiger partial charge in [-0.05, 0) is 32.8 Å². The molecule has 2 aliphatic rings. The molecule has 0 bridgehead atoms. The Morgan fingerprint density at radius 2 is 1.88 bits per heavy atom. The molecule has 1 unspecified atom stereocenters. The molecule has 9 heteroatoms. The van der Waals surface area contributed by atoms with Crippen molar-refractivity contribution in [1.82, 2.24) is 9.80 Å². The van der Waals surface area contributed by atoms with Gasteiger partial charge in [0.2, 0.25) is 5.91 Å². The molecule has 1 aromatic carbocycles. The zero-order chi connectivity index (χ0) is 23.6. The SMILES string of the molecule is CO[C@@H]1C[C@@H]([C@H](O)[C@@H](C)C(=O)N2C(=O)OCC2c2ccccc2)N(C(=O)OC(C)(C)C)C1. The van der Waals surface area contributed by atoms with Gasteiger partial charge in [-0.2, -0.15) is 0 Å². The van der Waals surface area contributed by atoms with E-state index in [1.54, 1.807) is 27.7 Å². The number of benzene rings is 1. The molecule has 2 aliphatic heterocycles. The number of methoxy groups -OCH3 is 1. The molecule has 1 N–H and O–H groups in total. The van der Waals surface area contributed by atoms with E-state index in [-0.39, 0.29) is 19.3 Å². The normalized spacial score (nSPS) is 25.4. The molecule has 0 aromatic heterocycles. The molecule has 0 radical (unpaired) electrons. The lowest BCUT2D eigenvalue weighted by molar-refractivity contribution is -0.138. The van der Waals surface area contributed by atoms with Crippen LogP contribution in [-0.4, -0.2) is 77.1 Å². The molecule has 2 saturated heterocycles. The zero-order valence-electron chi connectivity index (χ0n) is 19.2. The van der Waals surface area contributed by atoms with Crippen LogP contribution < -0.4 is 0 Å². The summed E-state index contributed by atoms with van der Waals surface area (Å²) in [4.78, 5) is 40.9. The largest absolute Gasteiger partial charge is 0.446 e. The van der Waals surface area contributed by atoms with Crippen LogP contribution in [0.1, 0.15) is 45.7 Å². The van der Waals surface area contributed by atoms with E-state index in [0.29, 0.717) is 6.42 Å². The Morgan fingerprint density at radius 1 is 1.22 bits per heavy atom. The number of carbonyl (C=O) groups excluding carboxylic acids is 3. The van der Waals surface area contributed by atoms with Crippen LogP contribution >= 0.6 is 0 Å². The summed E-state index contributed by atoms with van der Waals surface area (Å²) in [5.41, 5.74) is 0.0607. The second-order valence-corrected chi connectivity index (χ2v) is 9.28. The lowest BCUT2D eigenvalue weighted by atomic mass is 9.93. The summed E-state index contributed by atoms with van der Waals surface area (Å²) in [7, 11) is 1.53. The third-order valence-electron chi connectivity index (χ3n) is 5.86. The first-order valence-electron chi connectivity index (χ1n) is 10.8. The number of cyclic esters (lactones) is 1. The van der Waals surface area contributed by atoms with E-state index in [2.05, 4.69) is 0 Å². The Labute approximate surface area is 188 Å². The smallest absolute Gasteiger partial charge is 0.417 e. The Hall–Kier alpha value is -2.65. The van der Waals surface area contributed by atoms with E-state index in [0.717, 1.165) is 10.5 Å². The van der Waals surface area contributed by atoms with Gasteiger partial charge in [0.1, 0.15) is 18.2 Å². The zero-order valence-corrected chi connectivity index (χ0v) is 19.2. The summed E-state index contributed by atoms with van der Waals surface area (Å²) >= 11 is 0. The van der Waals surface area contributed by atoms with Crippen molar-refractivity contribution in [2.75, 3.05) is 20.3 Å². The molecule has 32 heavy (non-hydrogen) atoms. The van der Waals surface area contributed by atoms with Crippen LogP contribution in [0.5, 0.6) is 0 Å². The third-order valence-corrected chi connectivity index (χ3v) is 5.86. The van der Waals surface area contributed by atoms with Crippen molar-refractivity contribution in [3.8, 4) is 0 Å². The van der Waals surface area contributed by atoms with Gasteiger partial charge in [-0.25, -0.2) is 14.5 Å². The fraction of sp³-hybridized carbons (Fsp3) is 0.609. The average Bonchev–Trinajstić information content (AvgIpc) is 3.35. The van der Waals surface area contributed by atoms with Gasteiger partial charge in [-0.15, -0.1) is 0 Å². The van der Waals surface area contributed by atoms with Crippen molar-refractivity contribution in [3.63, 3.8) is 0 Å². The fourth-order valence-electron chi connectivity index (χ4n) is 4.14. The molecule has 176 valence electrons. The summed E-state index contributed by atoms with van der Waals surface area (Å²) in [6.45, 7) is 7.12. The summed E-state index contributed by atoms with van der Waals surface area (Å²) in [5, 5.41) is 11.1. The number of ether oxygens (including phenoxy) is 3. The van der Waals surface area contributed by atoms with Crippen LogP contribution in [0.25, 0.3) is 0 Å². The number of likely N-dealkylation sites (tertiary alicyclic amines) is 1. The number of hydrogen-bond donors (Lipinski definition) is 1. The molecule has 9 nitrogen and oxygen atoms in total. The predicted molar refractivity (Wildman–Crippen MR) is 115 cm³/mol. The van der Waals surface area contributed by atoms with Gasteiger partial charge in [0.05, 0.1) is 30.7 Å². The van der Waals surface area contributed by atoms with E-state index in [1.807, 2.05) is 30.3 Å². The minimum absolute atomic E-state index is 0.0522. The lowest BCUT2D eigenvalue weighted by Gasteiger charge is -2.33. The van der Waals surface area contributed by atoms with Crippen molar-refractivity contribution in [2.45, 2.75) is 64.0 Å². The highest BCUT2D eigenvalue weighted by atomic mass is 16.6. The van der Waals surface area contributed by atoms with E-state index in [9.17, 15) is 19.5 Å². The molecule has 2 heterocycles. The average molecular weight is 449 g/mol. The summed E-state index contributed by atoms with van der Waals surface area (Å²) in [5.74, 6) is -1.52. The molecule has 5 atom stereocenters. The fourth-order valence-corrected chi connectivity index (χ4v) is 4.14. The van der Waals surface area contributed by atoms with Crippen LogP contribution in [0.15, 0.2) is 30.3 Å². The van der Waals surface area contributed by atoms with Crippen LogP contribution in [0.4, 0.5) is 9.59 Å². The van der Waals surface area contributed by atoms with Gasteiger partial charge in [0, 0.05) is 7.11 Å². The Kier molecular flexibility index (Phi) is 7.09. The second-order valence-electron chi connectivity index (χ2n) is 9.28. The summed E-state index contributed by atoms with van der Waals surface area (Å²) in [6, 6.07) is 7.86. The number of imide groups is 1. The molecular formula is C23H32N2O7. The summed E-state index contributed by atoms with van der Waals surface area (Å²) < 4.78 is 16.0. The second kappa shape index (κ2) is 9.46. The van der Waals surface area contributed by atoms with Crippen molar-refractivity contribution in [2.24, 2.45) is 5.92 Å². The number of carbonyl (C=O) groups is 3. The van der Waals surface area contributed by atoms with Crippen LogP contribution in [-0.2, 0) is 19.0 Å². The molecule has 2 fully saturated rings. The van der Waals surface area contributed by atoms with Gasteiger partial charge in [0.15, 0.2) is 0 Å². The lowest BCUT2D eigenvalue weighted by Crippen LogP contribution is -2.51. The molecular weight excluding hydrogens is 416 g/mol. The van der Waals surface area contributed by atoms with Crippen molar-refractivity contribution < 1.29 is 33.7 Å². The Bertz CT molecular complexity index is 838. The number of aliphatic hydroxyl groups is 1. The number of hydrogen-bond acceptors (Lipinski definition) is 7. The van der Waals surface area contributed by atoms with E-state index >= 15 is 0 Å². The van der Waals surface area contributed by atoms with Gasteiger partial charge in [0.25, 0.3) is 0 Å². The van der Waals surface area contributed by atoms with Gasteiger partial charge in [-0.3, -0.25) is 9.69 Å². The molecule has 1 aromatic rings. The quantitative estimate of drug-likeness (QED) is 0.738. The number of aliphatic hydroxyl groups excluding tert-OH is 1. The predicted octanol–water partition coefficient (Wildman–Crippen LogP) is 2.73. The molecule has 0 spiro atoms. The summed E-state index contributed by atoms with van der Waals surface area (Å²) in [6.07, 6.45) is -2.49. The topological polar surface area (TPSA) is 106 Å². The van der Waals surface area contributed by atoms with E-state index in [1.165, 1.54) is 12.0 Å². The van der Waals surface area contributed by atoms with Crippen molar-refractivity contribution in [3.05, 3.63) is 35.9 Å². The maximum Gasteiger partial charge on any atom is 0.417 e. The highest BCUT2D eigenvalue weighted by Crippen LogP contribution is 2.33. The Balaban J connectivity index is 1.79. The van der Waals surface area contributed by atoms with E-state index in [4.69, 9.17) is 14.2 Å². The monoisotopic (exact) mass is 448 g/mol. The third kappa shape index (κ3) is 5.05. The number of rotatable bonds is 5. The van der Waals surface area contributed by atoms with Gasteiger partial charge in [-0.1, -0.05) is 37.3 Å². The van der Waals surface area contributed by atoms with Crippen molar-refractivity contribution in [1.29, 1.82) is 0 Å². The van der Waals surface area contributed by atoms with Gasteiger partial charge >= 0.3 is 12.2 Å². The first kappa shape index (κ1) is 24.0. The minimum Gasteiger partial charge on any atom is -0.446 e. The van der Waals surface area contributed by atoms with Crippen LogP contribution in [0.2, 0.25) is 0 Å². The minimum atomic E-state index is -1.22. The number of amides is 3.